The van der Waals surface area contributed by atoms with Crippen molar-refractivity contribution in [1.29, 1.82) is 0 Å². The number of benzene rings is 1. The molecule has 0 aliphatic heterocycles. The lowest BCUT2D eigenvalue weighted by Gasteiger charge is -2.03. The highest BCUT2D eigenvalue weighted by atomic mass is 35.5. The van der Waals surface area contributed by atoms with Gasteiger partial charge in [-0.15, -0.1) is 11.6 Å². The van der Waals surface area contributed by atoms with Gasteiger partial charge in [0, 0.05) is 5.88 Å². The van der Waals surface area contributed by atoms with Crippen molar-refractivity contribution in [2.75, 3.05) is 5.88 Å². The molecule has 0 bridgehead atoms. The Labute approximate surface area is 85.2 Å². The first-order valence-corrected chi connectivity index (χ1v) is 5.04. The Morgan fingerprint density at radius 2 is 2.00 bits per heavy atom. The minimum absolute atomic E-state index is 0.602. The summed E-state index contributed by atoms with van der Waals surface area (Å²) >= 11 is 5.55. The van der Waals surface area contributed by atoms with Crippen LogP contribution in [-0.4, -0.2) is 5.88 Å². The first-order valence-electron chi connectivity index (χ1n) is 4.51. The predicted octanol–water partition coefficient (Wildman–Crippen LogP) is 3.64. The van der Waals surface area contributed by atoms with Crippen molar-refractivity contribution in [3.8, 4) is 0 Å². The summed E-state index contributed by atoms with van der Waals surface area (Å²) in [7, 11) is 0. The van der Waals surface area contributed by atoms with Crippen molar-refractivity contribution >= 4 is 11.6 Å². The first kappa shape index (κ1) is 10.3. The Bertz CT molecular complexity index is 300. The smallest absolute Gasteiger partial charge is 0.0404 e. The van der Waals surface area contributed by atoms with Crippen molar-refractivity contribution in [2.45, 2.75) is 20.3 Å². The lowest BCUT2D eigenvalue weighted by atomic mass is 10.0. The van der Waals surface area contributed by atoms with Crippen LogP contribution in [0.4, 0.5) is 0 Å². The molecule has 1 heteroatoms. The standard InChI is InChI=1S/C12H15Cl/c1-10-6-7-11(2)12(9-10)5-3-4-8-13/h3-4,6-7,9H,5,8H2,1-2H3/b4-3+. The Hall–Kier alpha value is -0.750. The summed E-state index contributed by atoms with van der Waals surface area (Å²) in [5, 5.41) is 0. The van der Waals surface area contributed by atoms with Gasteiger partial charge in [-0.05, 0) is 31.4 Å². The van der Waals surface area contributed by atoms with Crippen molar-refractivity contribution in [1.82, 2.24) is 0 Å². The zero-order valence-corrected chi connectivity index (χ0v) is 8.93. The van der Waals surface area contributed by atoms with Crippen LogP contribution in [0.5, 0.6) is 0 Å². The van der Waals surface area contributed by atoms with Gasteiger partial charge in [0.25, 0.3) is 0 Å². The molecule has 1 rings (SSSR count). The average Bonchev–Trinajstić information content (AvgIpc) is 2.11. The normalized spacial score (nSPS) is 11.0. The molecule has 0 N–H and O–H groups in total. The molecule has 0 amide bonds. The second-order valence-electron chi connectivity index (χ2n) is 3.26. The van der Waals surface area contributed by atoms with Crippen LogP contribution in [0.25, 0.3) is 0 Å². The fourth-order valence-corrected chi connectivity index (χ4v) is 1.42. The molecule has 1 aromatic rings. The quantitative estimate of drug-likeness (QED) is 0.509. The van der Waals surface area contributed by atoms with Gasteiger partial charge < -0.3 is 0 Å². The molecular weight excluding hydrogens is 180 g/mol. The molecular formula is C12H15Cl. The summed E-state index contributed by atoms with van der Waals surface area (Å²) in [4.78, 5) is 0. The number of hydrogen-bond acceptors (Lipinski definition) is 0. The van der Waals surface area contributed by atoms with Gasteiger partial charge in [-0.3, -0.25) is 0 Å². The number of alkyl halides is 1. The van der Waals surface area contributed by atoms with Gasteiger partial charge in [-0.1, -0.05) is 35.9 Å². The van der Waals surface area contributed by atoms with E-state index in [0.717, 1.165) is 6.42 Å². The minimum Gasteiger partial charge on any atom is -0.122 e. The maximum atomic E-state index is 5.55. The summed E-state index contributed by atoms with van der Waals surface area (Å²) in [6.45, 7) is 4.26. The maximum Gasteiger partial charge on any atom is 0.0404 e. The SMILES string of the molecule is Cc1ccc(C)c(C/C=C/CCl)c1. The van der Waals surface area contributed by atoms with Gasteiger partial charge in [0.15, 0.2) is 0 Å². The Balaban J connectivity index is 2.75. The van der Waals surface area contributed by atoms with Crippen molar-refractivity contribution < 1.29 is 0 Å². The predicted molar refractivity (Wildman–Crippen MR) is 59.5 cm³/mol. The fourth-order valence-electron chi connectivity index (χ4n) is 1.29. The lowest BCUT2D eigenvalue weighted by molar-refractivity contribution is 1.19. The third-order valence-electron chi connectivity index (χ3n) is 2.10. The molecule has 0 heterocycles. The highest BCUT2D eigenvalue weighted by molar-refractivity contribution is 6.18. The number of allylic oxidation sites excluding steroid dienone is 2. The summed E-state index contributed by atoms with van der Waals surface area (Å²) in [6, 6.07) is 6.54. The van der Waals surface area contributed by atoms with Gasteiger partial charge in [-0.25, -0.2) is 0 Å². The molecule has 13 heavy (non-hydrogen) atoms. The van der Waals surface area contributed by atoms with E-state index in [2.05, 4.69) is 38.1 Å². The molecule has 0 spiro atoms. The van der Waals surface area contributed by atoms with Crippen molar-refractivity contribution in [2.24, 2.45) is 0 Å². The van der Waals surface area contributed by atoms with E-state index in [4.69, 9.17) is 11.6 Å². The van der Waals surface area contributed by atoms with Gasteiger partial charge >= 0.3 is 0 Å². The van der Waals surface area contributed by atoms with Crippen LogP contribution in [0.3, 0.4) is 0 Å². The van der Waals surface area contributed by atoms with E-state index >= 15 is 0 Å². The molecule has 0 fully saturated rings. The third kappa shape index (κ3) is 3.23. The lowest BCUT2D eigenvalue weighted by Crippen LogP contribution is -1.87. The summed E-state index contributed by atoms with van der Waals surface area (Å²) in [5.74, 6) is 0.602. The average molecular weight is 195 g/mol. The van der Waals surface area contributed by atoms with E-state index in [-0.39, 0.29) is 0 Å². The molecule has 0 saturated carbocycles. The van der Waals surface area contributed by atoms with Crippen LogP contribution in [0, 0.1) is 13.8 Å². The van der Waals surface area contributed by atoms with Crippen LogP contribution in [0.2, 0.25) is 0 Å². The fraction of sp³-hybridized carbons (Fsp3) is 0.333. The Morgan fingerprint density at radius 3 is 2.69 bits per heavy atom. The molecule has 0 saturated heterocycles. The van der Waals surface area contributed by atoms with Gasteiger partial charge in [0.2, 0.25) is 0 Å². The van der Waals surface area contributed by atoms with E-state index < -0.39 is 0 Å². The Kier molecular flexibility index (Phi) is 4.04. The number of hydrogen-bond donors (Lipinski definition) is 0. The molecule has 0 unspecified atom stereocenters. The summed E-state index contributed by atoms with van der Waals surface area (Å²) < 4.78 is 0. The van der Waals surface area contributed by atoms with Gasteiger partial charge in [0.1, 0.15) is 0 Å². The zero-order chi connectivity index (χ0) is 9.68. The minimum atomic E-state index is 0.602. The van der Waals surface area contributed by atoms with Crippen LogP contribution in [0.15, 0.2) is 30.4 Å². The van der Waals surface area contributed by atoms with Gasteiger partial charge in [-0.2, -0.15) is 0 Å². The van der Waals surface area contributed by atoms with E-state index in [1.54, 1.807) is 0 Å². The zero-order valence-electron chi connectivity index (χ0n) is 8.18. The molecule has 1 aromatic carbocycles. The highest BCUT2D eigenvalue weighted by Crippen LogP contribution is 2.11. The van der Waals surface area contributed by atoms with Crippen LogP contribution in [0.1, 0.15) is 16.7 Å². The second-order valence-corrected chi connectivity index (χ2v) is 3.57. The molecule has 0 aromatic heterocycles. The van der Waals surface area contributed by atoms with Crippen molar-refractivity contribution in [3.63, 3.8) is 0 Å². The van der Waals surface area contributed by atoms with E-state index in [1.165, 1.54) is 16.7 Å². The molecule has 0 nitrogen and oxygen atoms in total. The summed E-state index contributed by atoms with van der Waals surface area (Å²) in [5.41, 5.74) is 4.06. The number of aryl methyl sites for hydroxylation is 2. The highest BCUT2D eigenvalue weighted by Gasteiger charge is 1.95. The molecule has 0 atom stereocenters. The van der Waals surface area contributed by atoms with Crippen LogP contribution < -0.4 is 0 Å². The second kappa shape index (κ2) is 5.08. The van der Waals surface area contributed by atoms with Crippen LogP contribution >= 0.6 is 11.6 Å². The maximum absolute atomic E-state index is 5.55. The topological polar surface area (TPSA) is 0 Å². The third-order valence-corrected chi connectivity index (χ3v) is 2.28. The van der Waals surface area contributed by atoms with Crippen LogP contribution in [-0.2, 0) is 6.42 Å². The summed E-state index contributed by atoms with van der Waals surface area (Å²) in [6.07, 6.45) is 5.10. The first-order chi connectivity index (χ1) is 6.24. The van der Waals surface area contributed by atoms with E-state index in [0.29, 0.717) is 5.88 Å². The van der Waals surface area contributed by atoms with E-state index in [9.17, 15) is 0 Å². The Morgan fingerprint density at radius 1 is 1.23 bits per heavy atom. The monoisotopic (exact) mass is 194 g/mol. The number of rotatable bonds is 3. The van der Waals surface area contributed by atoms with Crippen molar-refractivity contribution in [3.05, 3.63) is 47.0 Å². The largest absolute Gasteiger partial charge is 0.122 e. The van der Waals surface area contributed by atoms with E-state index in [1.807, 2.05) is 6.08 Å². The molecule has 0 aliphatic rings. The molecule has 0 aliphatic carbocycles. The molecule has 70 valence electrons. The molecule has 0 radical (unpaired) electrons. The number of halogens is 1. The van der Waals surface area contributed by atoms with Gasteiger partial charge in [0.05, 0.1) is 0 Å².